The van der Waals surface area contributed by atoms with Crippen LogP contribution in [-0.4, -0.2) is 35.3 Å². The van der Waals surface area contributed by atoms with Gasteiger partial charge in [-0.2, -0.15) is 0 Å². The van der Waals surface area contributed by atoms with Crippen molar-refractivity contribution < 1.29 is 9.84 Å². The average molecular weight is 321 g/mol. The number of benzene rings is 2. The molecule has 0 spiro atoms. The van der Waals surface area contributed by atoms with Crippen LogP contribution in [-0.2, 0) is 16.9 Å². The van der Waals surface area contributed by atoms with Crippen molar-refractivity contribution in [1.82, 2.24) is 9.97 Å². The molecule has 0 amide bonds. The van der Waals surface area contributed by atoms with Crippen molar-refractivity contribution in [2.45, 2.75) is 12.2 Å². The Bertz CT molecular complexity index is 870. The molecular formula is C19H19N3O2. The number of hydrogen-bond acceptors (Lipinski definition) is 5. The number of aliphatic hydroxyl groups is 1. The van der Waals surface area contributed by atoms with Crippen LogP contribution in [0.5, 0.6) is 0 Å². The molecule has 122 valence electrons. The highest BCUT2D eigenvalue weighted by molar-refractivity contribution is 5.87. The van der Waals surface area contributed by atoms with Crippen LogP contribution >= 0.6 is 0 Å². The van der Waals surface area contributed by atoms with Crippen LogP contribution in [0.3, 0.4) is 0 Å². The van der Waals surface area contributed by atoms with Gasteiger partial charge in [0.05, 0.1) is 13.1 Å². The molecule has 4 rings (SSSR count). The van der Waals surface area contributed by atoms with Gasteiger partial charge in [0.25, 0.3) is 0 Å². The molecule has 0 bridgehead atoms. The first-order valence-electron chi connectivity index (χ1n) is 7.96. The lowest BCUT2D eigenvalue weighted by Gasteiger charge is -2.47. The van der Waals surface area contributed by atoms with Gasteiger partial charge in [-0.15, -0.1) is 0 Å². The lowest BCUT2D eigenvalue weighted by molar-refractivity contribution is 0.00841. The third-order valence-electron chi connectivity index (χ3n) is 4.48. The highest BCUT2D eigenvalue weighted by Gasteiger charge is 2.44. The molecule has 0 aliphatic carbocycles. The summed E-state index contributed by atoms with van der Waals surface area (Å²) in [7, 11) is 1.62. The number of aromatic nitrogens is 2. The van der Waals surface area contributed by atoms with Crippen LogP contribution in [0.25, 0.3) is 10.8 Å². The van der Waals surface area contributed by atoms with E-state index in [1.165, 1.54) is 0 Å². The van der Waals surface area contributed by atoms with E-state index >= 15 is 0 Å². The second kappa shape index (κ2) is 5.85. The normalized spacial score (nSPS) is 16.2. The number of hydrogen-bond donors (Lipinski definition) is 1. The monoisotopic (exact) mass is 321 g/mol. The topological polar surface area (TPSA) is 58.5 Å². The Hall–Kier alpha value is -2.50. The van der Waals surface area contributed by atoms with E-state index in [0.29, 0.717) is 25.5 Å². The summed E-state index contributed by atoms with van der Waals surface area (Å²) in [5, 5.41) is 13.3. The molecule has 1 aromatic heterocycles. The van der Waals surface area contributed by atoms with Crippen LogP contribution in [0.1, 0.15) is 11.4 Å². The predicted octanol–water partition coefficient (Wildman–Crippen LogP) is 2.48. The third kappa shape index (κ3) is 2.52. The van der Waals surface area contributed by atoms with E-state index in [9.17, 15) is 5.11 Å². The van der Waals surface area contributed by atoms with Gasteiger partial charge in [0.2, 0.25) is 0 Å². The van der Waals surface area contributed by atoms with Crippen LogP contribution in [0.2, 0.25) is 0 Å². The van der Waals surface area contributed by atoms with Crippen molar-refractivity contribution in [2.75, 3.05) is 25.1 Å². The van der Waals surface area contributed by atoms with Crippen molar-refractivity contribution in [1.29, 1.82) is 0 Å². The Morgan fingerprint density at radius 3 is 2.75 bits per heavy atom. The molecule has 0 unspecified atom stereocenters. The minimum atomic E-state index is -0.854. The number of anilines is 1. The van der Waals surface area contributed by atoms with Crippen molar-refractivity contribution in [3.8, 4) is 0 Å². The van der Waals surface area contributed by atoms with Gasteiger partial charge in [0, 0.05) is 13.3 Å². The molecule has 0 saturated carbocycles. The largest absolute Gasteiger partial charge is 0.381 e. The molecule has 1 aliphatic heterocycles. The molecule has 2 aromatic carbocycles. The number of ether oxygens (including phenoxy) is 1. The van der Waals surface area contributed by atoms with Gasteiger partial charge in [0.1, 0.15) is 18.0 Å². The van der Waals surface area contributed by atoms with Crippen LogP contribution in [0.15, 0.2) is 54.7 Å². The SMILES string of the molecule is COCc1nccc(N2CC(O)(c3cccc4ccccc34)C2)n1. The van der Waals surface area contributed by atoms with Crippen molar-refractivity contribution >= 4 is 16.6 Å². The Morgan fingerprint density at radius 2 is 1.92 bits per heavy atom. The van der Waals surface area contributed by atoms with Crippen molar-refractivity contribution in [2.24, 2.45) is 0 Å². The van der Waals surface area contributed by atoms with Gasteiger partial charge < -0.3 is 14.7 Å². The summed E-state index contributed by atoms with van der Waals surface area (Å²) in [6.45, 7) is 1.42. The third-order valence-corrected chi connectivity index (χ3v) is 4.48. The first-order valence-corrected chi connectivity index (χ1v) is 7.96. The molecule has 5 nitrogen and oxygen atoms in total. The second-order valence-corrected chi connectivity index (χ2v) is 6.18. The van der Waals surface area contributed by atoms with E-state index < -0.39 is 5.60 Å². The van der Waals surface area contributed by atoms with Gasteiger partial charge in [-0.3, -0.25) is 0 Å². The fourth-order valence-corrected chi connectivity index (χ4v) is 3.31. The second-order valence-electron chi connectivity index (χ2n) is 6.18. The van der Waals surface area contributed by atoms with Crippen molar-refractivity contribution in [3.05, 3.63) is 66.1 Å². The lowest BCUT2D eigenvalue weighted by Crippen LogP contribution is -2.60. The number of fused-ring (bicyclic) bond motifs is 1. The summed E-state index contributed by atoms with van der Waals surface area (Å²) in [6, 6.07) is 16.1. The minimum absolute atomic E-state index is 0.384. The molecule has 0 radical (unpaired) electrons. The smallest absolute Gasteiger partial charge is 0.156 e. The van der Waals surface area contributed by atoms with Gasteiger partial charge >= 0.3 is 0 Å². The number of nitrogens with zero attached hydrogens (tertiary/aromatic N) is 3. The number of rotatable bonds is 4. The Balaban J connectivity index is 1.60. The summed E-state index contributed by atoms with van der Waals surface area (Å²) in [5.74, 6) is 1.47. The first kappa shape index (κ1) is 15.1. The maximum atomic E-state index is 11.1. The van der Waals surface area contributed by atoms with Crippen LogP contribution in [0.4, 0.5) is 5.82 Å². The number of methoxy groups -OCH3 is 1. The molecule has 0 atom stereocenters. The van der Waals surface area contributed by atoms with E-state index in [-0.39, 0.29) is 0 Å². The zero-order chi connectivity index (χ0) is 16.6. The van der Waals surface area contributed by atoms with E-state index in [2.05, 4.69) is 33.1 Å². The molecule has 24 heavy (non-hydrogen) atoms. The van der Waals surface area contributed by atoms with Gasteiger partial charge in [-0.05, 0) is 22.4 Å². The van der Waals surface area contributed by atoms with Crippen LogP contribution < -0.4 is 4.90 Å². The fraction of sp³-hybridized carbons (Fsp3) is 0.263. The van der Waals surface area contributed by atoms with Gasteiger partial charge in [0.15, 0.2) is 5.82 Å². The molecule has 3 aromatic rings. The molecule has 5 heteroatoms. The quantitative estimate of drug-likeness (QED) is 0.800. The summed E-state index contributed by atoms with van der Waals surface area (Å²) >= 11 is 0. The average Bonchev–Trinajstić information content (AvgIpc) is 2.59. The van der Waals surface area contributed by atoms with Gasteiger partial charge in [-0.25, -0.2) is 9.97 Å². The fourth-order valence-electron chi connectivity index (χ4n) is 3.31. The minimum Gasteiger partial charge on any atom is -0.381 e. The maximum absolute atomic E-state index is 11.1. The Labute approximate surface area is 140 Å². The standard InChI is InChI=1S/C19H19N3O2/c1-24-11-17-20-10-9-18(21-17)22-12-19(23,13-22)16-8-4-6-14-5-2-3-7-15(14)16/h2-10,23H,11-13H2,1H3. The van der Waals surface area contributed by atoms with E-state index in [4.69, 9.17) is 4.74 Å². The predicted molar refractivity (Wildman–Crippen MR) is 92.8 cm³/mol. The molecule has 1 N–H and O–H groups in total. The Morgan fingerprint density at radius 1 is 1.12 bits per heavy atom. The zero-order valence-corrected chi connectivity index (χ0v) is 13.5. The summed E-state index contributed by atoms with van der Waals surface area (Å²) in [6.07, 6.45) is 1.73. The number of β-amino-alcohol motifs (C(OH)–C–C–N with tert-alkyl or cyclic N) is 1. The maximum Gasteiger partial charge on any atom is 0.156 e. The molecule has 2 heterocycles. The first-order chi connectivity index (χ1) is 11.7. The molecule has 1 fully saturated rings. The van der Waals surface area contributed by atoms with Crippen LogP contribution in [0, 0.1) is 0 Å². The molecule has 1 saturated heterocycles. The summed E-state index contributed by atoms with van der Waals surface area (Å²) in [5.41, 5.74) is 0.121. The highest BCUT2D eigenvalue weighted by Crippen LogP contribution is 2.37. The highest BCUT2D eigenvalue weighted by atomic mass is 16.5. The Kier molecular flexibility index (Phi) is 3.67. The van der Waals surface area contributed by atoms with E-state index in [0.717, 1.165) is 22.2 Å². The molecular weight excluding hydrogens is 302 g/mol. The van der Waals surface area contributed by atoms with E-state index in [1.807, 2.05) is 30.3 Å². The lowest BCUT2D eigenvalue weighted by atomic mass is 9.83. The van der Waals surface area contributed by atoms with E-state index in [1.54, 1.807) is 13.3 Å². The van der Waals surface area contributed by atoms with Gasteiger partial charge in [-0.1, -0.05) is 42.5 Å². The molecule has 1 aliphatic rings. The zero-order valence-electron chi connectivity index (χ0n) is 13.5. The summed E-state index contributed by atoms with van der Waals surface area (Å²) < 4.78 is 5.08. The van der Waals surface area contributed by atoms with Crippen molar-refractivity contribution in [3.63, 3.8) is 0 Å². The summed E-state index contributed by atoms with van der Waals surface area (Å²) in [4.78, 5) is 10.7.